The highest BCUT2D eigenvalue weighted by atomic mass is 32.2. The molecule has 350 valence electrons. The number of fused-ring (bicyclic) bond motifs is 6. The van der Waals surface area contributed by atoms with Crippen molar-refractivity contribution < 1.29 is 62.1 Å². The van der Waals surface area contributed by atoms with Gasteiger partial charge >= 0.3 is 17.9 Å². The summed E-state index contributed by atoms with van der Waals surface area (Å²) in [6.45, 7) is 28.2. The van der Waals surface area contributed by atoms with Crippen LogP contribution in [0.2, 0.25) is 0 Å². The van der Waals surface area contributed by atoms with Crippen molar-refractivity contribution in [3.05, 3.63) is 33.4 Å². The first-order chi connectivity index (χ1) is 30.1. The number of rotatable bonds is 9. The van der Waals surface area contributed by atoms with Crippen LogP contribution < -0.4 is 28.4 Å². The van der Waals surface area contributed by atoms with E-state index in [2.05, 4.69) is 0 Å². The predicted molar refractivity (Wildman–Crippen MR) is 253 cm³/mol. The Bertz CT molecular complexity index is 2230. The first-order valence-corrected chi connectivity index (χ1v) is 26.2. The molecule has 0 spiro atoms. The molecule has 0 aliphatic carbocycles. The van der Waals surface area contributed by atoms with E-state index in [1.165, 1.54) is 70.6 Å². The van der Waals surface area contributed by atoms with Gasteiger partial charge in [-0.2, -0.15) is 0 Å². The zero-order valence-corrected chi connectivity index (χ0v) is 43.8. The molecule has 13 nitrogen and oxygen atoms in total. The molecule has 0 atom stereocenters. The van der Waals surface area contributed by atoms with Gasteiger partial charge in [-0.1, -0.05) is 70.6 Å². The maximum Gasteiger partial charge on any atom is 0.345 e. The molecule has 3 aromatic rings. The lowest BCUT2D eigenvalue weighted by molar-refractivity contribution is 0.0499. The molecule has 3 aromatic carbocycles. The molecule has 0 aromatic heterocycles. The Hall–Kier alpha value is -3.07. The molecule has 19 heteroatoms. The standard InChI is InChI=1S/C46H52O13S6/c1-16-51-37(47)19-25-31(60-40(4,5)54-25)22(32-26(19)55-41(6,7)61-32)46(50,23-33-27(56-42(8,9)62-33)20(38(48)52-17-2)28-34(23)63-43(10,11)57-28)24-35-29(58-44(12,13)64-35)21(39(49)53-18-3)30-36(24)65-45(14,15)59-30/h50H,16-18H2,1-15H3. The topological polar surface area (TPSA) is 155 Å². The van der Waals surface area contributed by atoms with Gasteiger partial charge in [0.25, 0.3) is 0 Å². The van der Waals surface area contributed by atoms with Crippen LogP contribution in [0.25, 0.3) is 0 Å². The summed E-state index contributed by atoms with van der Waals surface area (Å²) >= 11 is 8.13. The molecule has 65 heavy (non-hydrogen) atoms. The minimum Gasteiger partial charge on any atom is -0.475 e. The molecule has 6 aliphatic rings. The van der Waals surface area contributed by atoms with E-state index in [1.54, 1.807) is 20.8 Å². The first kappa shape index (κ1) is 47.0. The largest absolute Gasteiger partial charge is 0.475 e. The van der Waals surface area contributed by atoms with Crippen LogP contribution in [0.3, 0.4) is 0 Å². The van der Waals surface area contributed by atoms with E-state index in [1.807, 2.05) is 83.1 Å². The van der Waals surface area contributed by atoms with E-state index in [-0.39, 0.29) is 71.0 Å². The number of hydrogen-bond donors (Lipinski definition) is 1. The minimum atomic E-state index is -2.31. The Kier molecular flexibility index (Phi) is 11.0. The minimum absolute atomic E-state index is 0.0946. The Labute approximate surface area is 404 Å². The van der Waals surface area contributed by atoms with E-state index < -0.39 is 53.1 Å². The molecule has 0 saturated heterocycles. The van der Waals surface area contributed by atoms with Gasteiger partial charge in [0.2, 0.25) is 0 Å². The van der Waals surface area contributed by atoms with Crippen molar-refractivity contribution in [2.45, 2.75) is 168 Å². The fourth-order valence-electron chi connectivity index (χ4n) is 8.75. The van der Waals surface area contributed by atoms with Crippen LogP contribution in [-0.2, 0) is 19.8 Å². The van der Waals surface area contributed by atoms with E-state index in [9.17, 15) is 14.4 Å². The Morgan fingerprint density at radius 1 is 0.400 bits per heavy atom. The predicted octanol–water partition coefficient (Wildman–Crippen LogP) is 11.8. The van der Waals surface area contributed by atoms with Crippen molar-refractivity contribution in [2.24, 2.45) is 0 Å². The van der Waals surface area contributed by atoms with Crippen molar-refractivity contribution >= 4 is 88.5 Å². The summed E-state index contributed by atoms with van der Waals surface area (Å²) in [5.41, 5.74) is -0.917. The second-order valence-corrected chi connectivity index (χ2v) is 28.3. The lowest BCUT2D eigenvalue weighted by Crippen LogP contribution is -2.34. The average molecular weight is 1010 g/mol. The summed E-state index contributed by atoms with van der Waals surface area (Å²) in [7, 11) is 0. The number of hydrogen-bond acceptors (Lipinski definition) is 19. The molecular formula is C46H52O13S6. The monoisotopic (exact) mass is 1000 g/mol. The normalized spacial score (nSPS) is 20.9. The lowest BCUT2D eigenvalue weighted by atomic mass is 9.77. The molecule has 0 fully saturated rings. The third kappa shape index (κ3) is 7.50. The molecule has 6 aliphatic heterocycles. The molecule has 0 amide bonds. The van der Waals surface area contributed by atoms with Crippen LogP contribution in [0.5, 0.6) is 34.5 Å². The highest BCUT2D eigenvalue weighted by molar-refractivity contribution is 8.02. The highest BCUT2D eigenvalue weighted by Crippen LogP contribution is 2.72. The molecule has 1 N–H and O–H groups in total. The Morgan fingerprint density at radius 3 is 0.723 bits per heavy atom. The number of carbonyl (C=O) groups excluding carboxylic acids is 3. The van der Waals surface area contributed by atoms with E-state index >= 15 is 5.11 Å². The quantitative estimate of drug-likeness (QED) is 0.123. The maximum atomic E-state index is 15.5. The molecule has 0 unspecified atom stereocenters. The first-order valence-electron chi connectivity index (χ1n) is 21.3. The van der Waals surface area contributed by atoms with Gasteiger partial charge in [-0.05, 0) is 104 Å². The second-order valence-electron chi connectivity index (χ2n) is 18.7. The highest BCUT2D eigenvalue weighted by Gasteiger charge is 2.60. The Morgan fingerprint density at radius 2 is 0.569 bits per heavy atom. The zero-order chi connectivity index (χ0) is 47.4. The van der Waals surface area contributed by atoms with Crippen molar-refractivity contribution in [1.82, 2.24) is 0 Å². The van der Waals surface area contributed by atoms with Crippen LogP contribution in [0.4, 0.5) is 0 Å². The van der Waals surface area contributed by atoms with Gasteiger partial charge in [-0.15, -0.1) is 0 Å². The zero-order valence-electron chi connectivity index (χ0n) is 38.9. The number of aliphatic hydroxyl groups is 1. The average Bonchev–Trinajstić information content (AvgIpc) is 3.96. The third-order valence-corrected chi connectivity index (χ3v) is 17.7. The van der Waals surface area contributed by atoms with E-state index in [0.717, 1.165) is 0 Å². The molecule has 0 radical (unpaired) electrons. The lowest BCUT2D eigenvalue weighted by Gasteiger charge is -2.37. The van der Waals surface area contributed by atoms with Gasteiger partial charge in [-0.25, -0.2) is 14.4 Å². The van der Waals surface area contributed by atoms with Crippen molar-refractivity contribution in [2.75, 3.05) is 19.8 Å². The van der Waals surface area contributed by atoms with Crippen LogP contribution in [0.1, 0.15) is 152 Å². The number of thioether (sulfide) groups is 6. The number of benzene rings is 3. The number of esters is 3. The van der Waals surface area contributed by atoms with Gasteiger partial charge in [-0.3, -0.25) is 0 Å². The third-order valence-electron chi connectivity index (χ3n) is 10.7. The van der Waals surface area contributed by atoms with Gasteiger partial charge in [0.1, 0.15) is 22.3 Å². The smallest absolute Gasteiger partial charge is 0.345 e. The van der Waals surface area contributed by atoms with Crippen LogP contribution in [0.15, 0.2) is 29.4 Å². The van der Waals surface area contributed by atoms with Gasteiger partial charge in [0.15, 0.2) is 64.1 Å². The van der Waals surface area contributed by atoms with Crippen molar-refractivity contribution in [3.8, 4) is 34.5 Å². The van der Waals surface area contributed by atoms with Crippen LogP contribution >= 0.6 is 70.6 Å². The maximum absolute atomic E-state index is 15.5. The SMILES string of the molecule is CCOC(=O)c1c2c(c(C(O)(c3c4c(c(C(=O)OCC)c5c3SC(C)(C)O5)OC(C)(C)S4)c3c4c(c(C(=O)OCC)c5c3SC(C)(C)O5)OC(C)(C)S4)c3c1OC(C)(C)S3)SC(C)(C)O2. The van der Waals surface area contributed by atoms with Crippen LogP contribution in [-0.4, -0.2) is 72.4 Å². The summed E-state index contributed by atoms with van der Waals surface area (Å²) in [6.07, 6.45) is 0. The molecular weight excluding hydrogens is 953 g/mol. The van der Waals surface area contributed by atoms with E-state index in [0.29, 0.717) is 46.1 Å². The number of ether oxygens (including phenoxy) is 9. The molecule has 9 rings (SSSR count). The molecule has 0 saturated carbocycles. The van der Waals surface area contributed by atoms with Gasteiger partial charge in [0, 0.05) is 16.7 Å². The summed E-state index contributed by atoms with van der Waals surface area (Å²) in [6, 6.07) is 0. The van der Waals surface area contributed by atoms with Crippen molar-refractivity contribution in [1.29, 1.82) is 0 Å². The fourth-order valence-corrected chi connectivity index (χ4v) is 16.2. The molecule has 6 heterocycles. The van der Waals surface area contributed by atoms with Gasteiger partial charge in [0.05, 0.1) is 49.2 Å². The van der Waals surface area contributed by atoms with Crippen molar-refractivity contribution in [3.63, 3.8) is 0 Å². The van der Waals surface area contributed by atoms with E-state index in [4.69, 9.17) is 42.6 Å². The summed E-state index contributed by atoms with van der Waals surface area (Å²) in [4.78, 5) is 39.9. The number of carbonyl (C=O) groups is 3. The fraction of sp³-hybridized carbons (Fsp3) is 0.543. The molecule has 0 bridgehead atoms. The summed E-state index contributed by atoms with van der Waals surface area (Å²) < 4.78 is 57.8. The second kappa shape index (κ2) is 15.2. The van der Waals surface area contributed by atoms with Crippen LogP contribution in [0, 0.1) is 0 Å². The van der Waals surface area contributed by atoms with Gasteiger partial charge < -0.3 is 47.7 Å². The summed E-state index contributed by atoms with van der Waals surface area (Å²) in [5.74, 6) is -0.755. The Balaban J connectivity index is 1.55. The summed E-state index contributed by atoms with van der Waals surface area (Å²) in [5, 5.41) is 15.5.